The number of carbonyl (C=O) groups is 2. The minimum absolute atomic E-state index is 0.0164. The number of hydrogen-bond donors (Lipinski definition) is 3. The smallest absolute Gasteiger partial charge is 0.305 e. The van der Waals surface area contributed by atoms with Crippen LogP contribution in [-0.2, 0) is 14.3 Å². The van der Waals surface area contributed by atoms with Gasteiger partial charge in [0.25, 0.3) is 0 Å². The van der Waals surface area contributed by atoms with Crippen LogP contribution < -0.4 is 5.32 Å². The zero-order valence-electron chi connectivity index (χ0n) is 47.5. The molecule has 0 radical (unpaired) electrons. The van der Waals surface area contributed by atoms with Crippen molar-refractivity contribution >= 4 is 11.9 Å². The van der Waals surface area contributed by atoms with Crippen LogP contribution in [0.5, 0.6) is 0 Å². The van der Waals surface area contributed by atoms with Gasteiger partial charge in [0.15, 0.2) is 0 Å². The van der Waals surface area contributed by atoms with Crippen molar-refractivity contribution < 1.29 is 24.5 Å². The molecule has 0 fully saturated rings. The fourth-order valence-electron chi connectivity index (χ4n) is 10.2. The predicted octanol–water partition coefficient (Wildman–Crippen LogP) is 20.0. The summed E-state index contributed by atoms with van der Waals surface area (Å²) in [5, 5.41) is 23.3. The molecular weight excluding hydrogens is 863 g/mol. The van der Waals surface area contributed by atoms with E-state index in [0.29, 0.717) is 25.9 Å². The lowest BCUT2D eigenvalue weighted by molar-refractivity contribution is -0.143. The summed E-state index contributed by atoms with van der Waals surface area (Å²) in [6.07, 6.45) is 72.3. The van der Waals surface area contributed by atoms with Gasteiger partial charge >= 0.3 is 5.97 Å². The second-order valence-electron chi connectivity index (χ2n) is 22.1. The zero-order chi connectivity index (χ0) is 50.7. The largest absolute Gasteiger partial charge is 0.466 e. The van der Waals surface area contributed by atoms with Gasteiger partial charge in [-0.15, -0.1) is 0 Å². The fourth-order valence-corrected chi connectivity index (χ4v) is 10.2. The van der Waals surface area contributed by atoms with Crippen LogP contribution in [0.25, 0.3) is 0 Å². The van der Waals surface area contributed by atoms with E-state index < -0.39 is 12.1 Å². The molecule has 0 aliphatic rings. The normalized spacial score (nSPS) is 12.6. The Hall–Kier alpha value is -1.40. The molecule has 6 nitrogen and oxygen atoms in total. The maximum Gasteiger partial charge on any atom is 0.305 e. The number of hydrogen-bond acceptors (Lipinski definition) is 5. The Kier molecular flexibility index (Phi) is 59.0. The molecule has 0 aromatic carbocycles. The fraction of sp³-hybridized carbons (Fsp3) is 0.938. The molecule has 2 atom stereocenters. The lowest BCUT2D eigenvalue weighted by Gasteiger charge is -2.22. The monoisotopic (exact) mass is 988 g/mol. The average Bonchev–Trinajstić information content (AvgIpc) is 3.36. The highest BCUT2D eigenvalue weighted by Gasteiger charge is 2.20. The van der Waals surface area contributed by atoms with Crippen molar-refractivity contribution in [1.82, 2.24) is 5.32 Å². The van der Waals surface area contributed by atoms with Gasteiger partial charge in [-0.3, -0.25) is 9.59 Å². The van der Waals surface area contributed by atoms with Gasteiger partial charge in [0, 0.05) is 12.8 Å². The lowest BCUT2D eigenvalue weighted by atomic mass is 10.0. The molecule has 70 heavy (non-hydrogen) atoms. The Morgan fingerprint density at radius 2 is 0.671 bits per heavy atom. The molecule has 0 saturated heterocycles. The molecule has 6 heteroatoms. The molecular formula is C64H125NO5. The standard InChI is InChI=1S/C64H125NO5/c1-3-5-7-9-11-13-15-17-32-36-40-44-48-52-56-62(67)61(60-66)65-63(68)57-53-49-45-41-37-33-30-28-26-24-22-20-19-21-23-25-27-29-31-35-39-43-47-51-55-59-70-64(69)58-54-50-46-42-38-34-18-16-14-12-10-8-6-4-2/h20,22,61-62,66-67H,3-19,21,23-60H2,1-2H3,(H,65,68)/b22-20-. The minimum Gasteiger partial charge on any atom is -0.466 e. The number of carbonyl (C=O) groups excluding carboxylic acids is 2. The lowest BCUT2D eigenvalue weighted by Crippen LogP contribution is -2.45. The minimum atomic E-state index is -0.665. The van der Waals surface area contributed by atoms with Crippen molar-refractivity contribution in [1.29, 1.82) is 0 Å². The Morgan fingerprint density at radius 1 is 0.386 bits per heavy atom. The number of unbranched alkanes of at least 4 members (excludes halogenated alkanes) is 47. The van der Waals surface area contributed by atoms with Crippen molar-refractivity contribution in [2.75, 3.05) is 13.2 Å². The Bertz CT molecular complexity index is 1050. The zero-order valence-corrected chi connectivity index (χ0v) is 47.5. The maximum absolute atomic E-state index is 12.5. The molecule has 0 aliphatic carbocycles. The molecule has 0 rings (SSSR count). The summed E-state index contributed by atoms with van der Waals surface area (Å²) in [6.45, 7) is 4.98. The summed E-state index contributed by atoms with van der Waals surface area (Å²) in [5.41, 5.74) is 0. The van der Waals surface area contributed by atoms with Crippen LogP contribution in [-0.4, -0.2) is 47.4 Å². The third kappa shape index (κ3) is 55.9. The first-order valence-corrected chi connectivity index (χ1v) is 31.9. The van der Waals surface area contributed by atoms with Gasteiger partial charge in [-0.1, -0.05) is 309 Å². The van der Waals surface area contributed by atoms with E-state index in [9.17, 15) is 19.8 Å². The molecule has 0 aliphatic heterocycles. The second-order valence-corrected chi connectivity index (χ2v) is 22.1. The first-order chi connectivity index (χ1) is 34.5. The quantitative estimate of drug-likeness (QED) is 0.0321. The highest BCUT2D eigenvalue weighted by molar-refractivity contribution is 5.76. The third-order valence-electron chi connectivity index (χ3n) is 15.1. The van der Waals surface area contributed by atoms with Gasteiger partial charge in [-0.25, -0.2) is 0 Å². The first-order valence-electron chi connectivity index (χ1n) is 31.9. The van der Waals surface area contributed by atoms with Crippen molar-refractivity contribution in [3.05, 3.63) is 12.2 Å². The van der Waals surface area contributed by atoms with Crippen molar-refractivity contribution in [3.8, 4) is 0 Å². The first kappa shape index (κ1) is 68.6. The van der Waals surface area contributed by atoms with E-state index in [1.807, 2.05) is 0 Å². The van der Waals surface area contributed by atoms with Gasteiger partial charge < -0.3 is 20.3 Å². The van der Waals surface area contributed by atoms with E-state index in [2.05, 4.69) is 31.3 Å². The van der Waals surface area contributed by atoms with Crippen LogP contribution >= 0.6 is 0 Å². The van der Waals surface area contributed by atoms with E-state index in [1.54, 1.807) is 0 Å². The highest BCUT2D eigenvalue weighted by Crippen LogP contribution is 2.18. The molecule has 1 amide bonds. The van der Waals surface area contributed by atoms with Crippen LogP contribution in [0.1, 0.15) is 361 Å². The molecule has 2 unspecified atom stereocenters. The number of aliphatic hydroxyl groups excluding tert-OH is 2. The molecule has 416 valence electrons. The van der Waals surface area contributed by atoms with Crippen LogP contribution in [0.4, 0.5) is 0 Å². The number of allylic oxidation sites excluding steroid dienone is 2. The van der Waals surface area contributed by atoms with Gasteiger partial charge in [-0.05, 0) is 51.4 Å². The summed E-state index contributed by atoms with van der Waals surface area (Å²) in [5.74, 6) is -0.0194. The number of ether oxygens (including phenoxy) is 1. The predicted molar refractivity (Wildman–Crippen MR) is 306 cm³/mol. The molecule has 0 aromatic heterocycles. The summed E-state index contributed by atoms with van der Waals surface area (Å²) in [4.78, 5) is 24.5. The van der Waals surface area contributed by atoms with Gasteiger partial charge in [-0.2, -0.15) is 0 Å². The van der Waals surface area contributed by atoms with E-state index in [1.165, 1.54) is 289 Å². The van der Waals surface area contributed by atoms with E-state index >= 15 is 0 Å². The Labute approximate surface area is 438 Å². The van der Waals surface area contributed by atoms with Crippen LogP contribution in [0.3, 0.4) is 0 Å². The molecule has 0 bridgehead atoms. The molecule has 0 saturated carbocycles. The van der Waals surface area contributed by atoms with Gasteiger partial charge in [0.2, 0.25) is 5.91 Å². The maximum atomic E-state index is 12.5. The Balaban J connectivity index is 3.37. The van der Waals surface area contributed by atoms with E-state index in [4.69, 9.17) is 4.74 Å². The SMILES string of the molecule is CCCCCCCCCCCCCCCCC(=O)OCCCCCCCCCCCCCC/C=C\CCCCCCCCCCCC(=O)NC(CO)C(O)CCCCCCCCCCCCCCCC. The number of aliphatic hydroxyl groups is 2. The number of amides is 1. The topological polar surface area (TPSA) is 95.9 Å². The number of nitrogens with one attached hydrogen (secondary N) is 1. The third-order valence-corrected chi connectivity index (χ3v) is 15.1. The Morgan fingerprint density at radius 3 is 1.01 bits per heavy atom. The van der Waals surface area contributed by atoms with E-state index in [-0.39, 0.29) is 18.5 Å². The van der Waals surface area contributed by atoms with E-state index in [0.717, 1.165) is 38.5 Å². The number of rotatable bonds is 60. The summed E-state index contributed by atoms with van der Waals surface area (Å²) in [6, 6.07) is -0.542. The summed E-state index contributed by atoms with van der Waals surface area (Å²) >= 11 is 0. The summed E-state index contributed by atoms with van der Waals surface area (Å²) in [7, 11) is 0. The van der Waals surface area contributed by atoms with Crippen LogP contribution in [0.15, 0.2) is 12.2 Å². The second kappa shape index (κ2) is 60.2. The number of esters is 1. The molecule has 0 aromatic rings. The molecule has 0 spiro atoms. The van der Waals surface area contributed by atoms with Crippen molar-refractivity contribution in [2.24, 2.45) is 0 Å². The van der Waals surface area contributed by atoms with Crippen LogP contribution in [0.2, 0.25) is 0 Å². The highest BCUT2D eigenvalue weighted by atomic mass is 16.5. The summed E-state index contributed by atoms with van der Waals surface area (Å²) < 4.78 is 5.49. The molecule has 3 N–H and O–H groups in total. The van der Waals surface area contributed by atoms with Gasteiger partial charge in [0.1, 0.15) is 0 Å². The molecule has 0 heterocycles. The van der Waals surface area contributed by atoms with Crippen molar-refractivity contribution in [3.63, 3.8) is 0 Å². The van der Waals surface area contributed by atoms with Crippen molar-refractivity contribution in [2.45, 2.75) is 373 Å². The van der Waals surface area contributed by atoms with Crippen LogP contribution in [0, 0.1) is 0 Å². The average molecular weight is 989 g/mol. The van der Waals surface area contributed by atoms with Gasteiger partial charge in [0.05, 0.1) is 25.4 Å².